The van der Waals surface area contributed by atoms with Gasteiger partial charge in [0.25, 0.3) is 0 Å². The quantitative estimate of drug-likeness (QED) is 0.711. The van der Waals surface area contributed by atoms with E-state index in [4.69, 9.17) is 0 Å². The Kier molecular flexibility index (Phi) is 5.98. The fourth-order valence-corrected chi connectivity index (χ4v) is 2.55. The third-order valence-electron chi connectivity index (χ3n) is 2.59. The zero-order valence-corrected chi connectivity index (χ0v) is 12.1. The first-order valence-corrected chi connectivity index (χ1v) is 7.98. The fraction of sp³-hybridized carbons (Fsp3) is 0.462. The summed E-state index contributed by atoms with van der Waals surface area (Å²) < 4.78 is 25.2. The van der Waals surface area contributed by atoms with Gasteiger partial charge in [0, 0.05) is 30.8 Å². The predicted molar refractivity (Wildman–Crippen MR) is 77.0 cm³/mol. The van der Waals surface area contributed by atoms with Gasteiger partial charge in [-0.05, 0) is 24.3 Å². The van der Waals surface area contributed by atoms with Gasteiger partial charge in [-0.15, -0.1) is 0 Å². The topological polar surface area (TPSA) is 75.3 Å². The van der Waals surface area contributed by atoms with E-state index in [2.05, 4.69) is 10.0 Å². The van der Waals surface area contributed by atoms with Crippen molar-refractivity contribution in [3.05, 3.63) is 29.8 Å². The van der Waals surface area contributed by atoms with Crippen molar-refractivity contribution in [3.8, 4) is 0 Å². The van der Waals surface area contributed by atoms with Gasteiger partial charge in [0.05, 0.1) is 5.75 Å². The highest BCUT2D eigenvalue weighted by Crippen LogP contribution is 2.10. The first kappa shape index (κ1) is 15.7. The smallest absolute Gasteiger partial charge is 0.213 e. The van der Waals surface area contributed by atoms with Crippen molar-refractivity contribution < 1.29 is 13.2 Å². The zero-order chi connectivity index (χ0) is 14.3. The third kappa shape index (κ3) is 5.40. The highest BCUT2D eigenvalue weighted by atomic mass is 32.2. The van der Waals surface area contributed by atoms with Crippen molar-refractivity contribution in [2.45, 2.75) is 20.3 Å². The lowest BCUT2D eigenvalue weighted by Gasteiger charge is -2.08. The maximum Gasteiger partial charge on any atom is 0.213 e. The Morgan fingerprint density at radius 1 is 1.16 bits per heavy atom. The molecule has 0 atom stereocenters. The van der Waals surface area contributed by atoms with Crippen molar-refractivity contribution in [1.29, 1.82) is 0 Å². The maximum atomic E-state index is 11.4. The zero-order valence-electron chi connectivity index (χ0n) is 11.3. The molecule has 5 nitrogen and oxygen atoms in total. The molecule has 0 heterocycles. The molecule has 0 spiro atoms. The van der Waals surface area contributed by atoms with Crippen LogP contribution in [0.25, 0.3) is 0 Å². The first-order valence-electron chi connectivity index (χ1n) is 6.33. The van der Waals surface area contributed by atoms with E-state index in [-0.39, 0.29) is 11.5 Å². The second-order valence-electron chi connectivity index (χ2n) is 4.10. The van der Waals surface area contributed by atoms with Gasteiger partial charge < -0.3 is 5.32 Å². The van der Waals surface area contributed by atoms with Gasteiger partial charge in [0.2, 0.25) is 10.0 Å². The van der Waals surface area contributed by atoms with Gasteiger partial charge in [-0.25, -0.2) is 13.1 Å². The molecule has 0 aliphatic rings. The summed E-state index contributed by atoms with van der Waals surface area (Å²) in [6.45, 7) is 4.29. The van der Waals surface area contributed by atoms with Gasteiger partial charge in [0.15, 0.2) is 5.78 Å². The van der Waals surface area contributed by atoms with Crippen LogP contribution < -0.4 is 10.0 Å². The monoisotopic (exact) mass is 284 g/mol. The molecule has 1 aromatic carbocycles. The Hall–Kier alpha value is -1.40. The number of rotatable bonds is 8. The summed E-state index contributed by atoms with van der Waals surface area (Å²) in [5.41, 5.74) is 1.48. The Bertz CT molecular complexity index is 509. The third-order valence-corrected chi connectivity index (χ3v) is 4.06. The normalized spacial score (nSPS) is 11.3. The lowest BCUT2D eigenvalue weighted by atomic mass is 10.1. The highest BCUT2D eigenvalue weighted by molar-refractivity contribution is 7.89. The van der Waals surface area contributed by atoms with E-state index in [0.29, 0.717) is 25.1 Å². The van der Waals surface area contributed by atoms with Gasteiger partial charge in [-0.2, -0.15) is 0 Å². The van der Waals surface area contributed by atoms with E-state index in [1.165, 1.54) is 0 Å². The minimum Gasteiger partial charge on any atom is -0.384 e. The largest absolute Gasteiger partial charge is 0.384 e. The molecule has 6 heteroatoms. The first-order chi connectivity index (χ1) is 8.98. The lowest BCUT2D eigenvalue weighted by Crippen LogP contribution is -2.29. The van der Waals surface area contributed by atoms with E-state index >= 15 is 0 Å². The summed E-state index contributed by atoms with van der Waals surface area (Å²) in [6, 6.07) is 7.05. The summed E-state index contributed by atoms with van der Waals surface area (Å²) >= 11 is 0. The molecule has 106 valence electrons. The summed E-state index contributed by atoms with van der Waals surface area (Å²) in [7, 11) is -3.19. The number of benzene rings is 1. The van der Waals surface area contributed by atoms with Gasteiger partial charge in [0.1, 0.15) is 0 Å². The molecule has 0 saturated carbocycles. The van der Waals surface area contributed by atoms with E-state index < -0.39 is 10.0 Å². The number of sulfonamides is 1. The van der Waals surface area contributed by atoms with E-state index in [0.717, 1.165) is 5.69 Å². The van der Waals surface area contributed by atoms with E-state index in [9.17, 15) is 13.2 Å². The van der Waals surface area contributed by atoms with Crippen LogP contribution in [-0.2, 0) is 10.0 Å². The lowest BCUT2D eigenvalue weighted by molar-refractivity contribution is 0.0988. The Morgan fingerprint density at radius 3 is 2.32 bits per heavy atom. The highest BCUT2D eigenvalue weighted by Gasteiger charge is 2.07. The number of anilines is 1. The SMILES string of the molecule is CCNS(=O)(=O)CCNc1ccc(C(=O)CC)cc1. The van der Waals surface area contributed by atoms with E-state index in [1.807, 2.05) is 6.92 Å². The van der Waals surface area contributed by atoms with Crippen LogP contribution >= 0.6 is 0 Å². The van der Waals surface area contributed by atoms with Crippen LogP contribution in [0.1, 0.15) is 30.6 Å². The number of ketones is 1. The van der Waals surface area contributed by atoms with Gasteiger partial charge >= 0.3 is 0 Å². The molecule has 1 rings (SSSR count). The number of carbonyl (C=O) groups is 1. The van der Waals surface area contributed by atoms with Crippen molar-refractivity contribution in [1.82, 2.24) is 4.72 Å². The van der Waals surface area contributed by atoms with Crippen LogP contribution in [0.2, 0.25) is 0 Å². The molecule has 0 aliphatic heterocycles. The van der Waals surface area contributed by atoms with Crippen molar-refractivity contribution >= 4 is 21.5 Å². The average Bonchev–Trinajstić information content (AvgIpc) is 2.38. The molecular weight excluding hydrogens is 264 g/mol. The molecule has 0 unspecified atom stereocenters. The molecule has 0 bridgehead atoms. The van der Waals surface area contributed by atoms with Crippen LogP contribution in [0.5, 0.6) is 0 Å². The van der Waals surface area contributed by atoms with Crippen molar-refractivity contribution in [2.24, 2.45) is 0 Å². The summed E-state index contributed by atoms with van der Waals surface area (Å²) in [5, 5.41) is 3.01. The van der Waals surface area contributed by atoms with Crippen LogP contribution in [0, 0.1) is 0 Å². The van der Waals surface area contributed by atoms with Gasteiger partial charge in [-0.1, -0.05) is 13.8 Å². The molecule has 19 heavy (non-hydrogen) atoms. The molecule has 0 aromatic heterocycles. The summed E-state index contributed by atoms with van der Waals surface area (Å²) in [5.74, 6) is 0.123. The average molecular weight is 284 g/mol. The molecule has 0 fully saturated rings. The van der Waals surface area contributed by atoms with Crippen LogP contribution in [-0.4, -0.2) is 33.0 Å². The fourth-order valence-electron chi connectivity index (χ4n) is 1.60. The van der Waals surface area contributed by atoms with Crippen molar-refractivity contribution in [2.75, 3.05) is 24.2 Å². The van der Waals surface area contributed by atoms with E-state index in [1.54, 1.807) is 31.2 Å². The second-order valence-corrected chi connectivity index (χ2v) is 6.02. The molecule has 0 amide bonds. The molecule has 2 N–H and O–H groups in total. The predicted octanol–water partition coefficient (Wildman–Crippen LogP) is 1.63. The minimum absolute atomic E-state index is 0.0243. The molecule has 0 aliphatic carbocycles. The Labute approximate surface area is 114 Å². The summed E-state index contributed by atoms with van der Waals surface area (Å²) in [4.78, 5) is 11.4. The van der Waals surface area contributed by atoms with Crippen molar-refractivity contribution in [3.63, 3.8) is 0 Å². The molecule has 1 aromatic rings. The minimum atomic E-state index is -3.19. The number of hydrogen-bond acceptors (Lipinski definition) is 4. The standard InChI is InChI=1S/C13H20N2O3S/c1-3-13(16)11-5-7-12(8-6-11)14-9-10-19(17,18)15-4-2/h5-8,14-15H,3-4,9-10H2,1-2H3. The Morgan fingerprint density at radius 2 is 1.79 bits per heavy atom. The number of nitrogens with one attached hydrogen (secondary N) is 2. The van der Waals surface area contributed by atoms with Crippen LogP contribution in [0.4, 0.5) is 5.69 Å². The van der Waals surface area contributed by atoms with Gasteiger partial charge in [-0.3, -0.25) is 4.79 Å². The van der Waals surface area contributed by atoms with Crippen LogP contribution in [0.15, 0.2) is 24.3 Å². The number of hydrogen-bond donors (Lipinski definition) is 2. The second kappa shape index (κ2) is 7.25. The Balaban J connectivity index is 2.49. The maximum absolute atomic E-state index is 11.4. The number of Topliss-reactive ketones (excluding diaryl/α,β-unsaturated/α-hetero) is 1. The number of carbonyl (C=O) groups excluding carboxylic acids is 1. The molecule has 0 saturated heterocycles. The molecular formula is C13H20N2O3S. The summed E-state index contributed by atoms with van der Waals surface area (Å²) in [6.07, 6.45) is 0.480. The molecule has 0 radical (unpaired) electrons. The van der Waals surface area contributed by atoms with Crippen LogP contribution in [0.3, 0.4) is 0 Å².